The Labute approximate surface area is 168 Å². The maximum Gasteiger partial charge on any atom is 0.230 e. The number of nitrogens with one attached hydrogen (secondary N) is 3. The topological polar surface area (TPSA) is 82.8 Å². The lowest BCUT2D eigenvalue weighted by Crippen LogP contribution is -2.14. The van der Waals surface area contributed by atoms with E-state index in [-0.39, 0.29) is 12.3 Å². The SMILES string of the molecule is O=C(Cc1c[nH]c2ccc(OCc3ccccc3)cc12)Nc1cc(C2CC2)[nH]n1. The van der Waals surface area contributed by atoms with Crippen LogP contribution >= 0.6 is 0 Å². The smallest absolute Gasteiger partial charge is 0.230 e. The molecule has 2 aromatic heterocycles. The number of aromatic amines is 2. The molecule has 0 bridgehead atoms. The first-order chi connectivity index (χ1) is 14.2. The first kappa shape index (κ1) is 17.6. The highest BCUT2D eigenvalue weighted by atomic mass is 16.5. The van der Waals surface area contributed by atoms with Gasteiger partial charge in [0.25, 0.3) is 0 Å². The fourth-order valence-electron chi connectivity index (χ4n) is 3.50. The van der Waals surface area contributed by atoms with Gasteiger partial charge in [-0.05, 0) is 42.2 Å². The molecule has 1 aliphatic carbocycles. The molecule has 3 N–H and O–H groups in total. The second-order valence-corrected chi connectivity index (χ2v) is 7.50. The summed E-state index contributed by atoms with van der Waals surface area (Å²) in [6, 6.07) is 17.9. The molecule has 6 nitrogen and oxygen atoms in total. The molecule has 2 aromatic carbocycles. The summed E-state index contributed by atoms with van der Waals surface area (Å²) in [4.78, 5) is 15.7. The predicted octanol–water partition coefficient (Wildman–Crippen LogP) is 4.53. The molecule has 0 atom stereocenters. The first-order valence-electron chi connectivity index (χ1n) is 9.86. The van der Waals surface area contributed by atoms with Gasteiger partial charge < -0.3 is 15.0 Å². The maximum absolute atomic E-state index is 12.5. The highest BCUT2D eigenvalue weighted by Crippen LogP contribution is 2.39. The van der Waals surface area contributed by atoms with Crippen molar-refractivity contribution in [3.8, 4) is 5.75 Å². The Morgan fingerprint density at radius 1 is 1.14 bits per heavy atom. The molecule has 1 amide bonds. The number of carbonyl (C=O) groups is 1. The van der Waals surface area contributed by atoms with Crippen molar-refractivity contribution < 1.29 is 9.53 Å². The third-order valence-electron chi connectivity index (χ3n) is 5.22. The number of aromatic nitrogens is 3. The molecule has 0 spiro atoms. The van der Waals surface area contributed by atoms with E-state index >= 15 is 0 Å². The lowest BCUT2D eigenvalue weighted by molar-refractivity contribution is -0.115. The predicted molar refractivity (Wildman–Crippen MR) is 112 cm³/mol. The second kappa shape index (κ2) is 7.47. The molecule has 0 unspecified atom stereocenters. The number of rotatable bonds is 7. The third kappa shape index (κ3) is 4.01. The van der Waals surface area contributed by atoms with Crippen LogP contribution in [0.4, 0.5) is 5.82 Å². The van der Waals surface area contributed by atoms with Gasteiger partial charge in [0, 0.05) is 34.8 Å². The Hall–Kier alpha value is -3.54. The van der Waals surface area contributed by atoms with Crippen molar-refractivity contribution in [1.82, 2.24) is 15.2 Å². The molecule has 5 rings (SSSR count). The van der Waals surface area contributed by atoms with Crippen LogP contribution in [0.25, 0.3) is 10.9 Å². The van der Waals surface area contributed by atoms with Crippen LogP contribution in [0.5, 0.6) is 5.75 Å². The molecular weight excluding hydrogens is 364 g/mol. The molecule has 1 saturated carbocycles. The summed E-state index contributed by atoms with van der Waals surface area (Å²) in [6.07, 6.45) is 4.54. The van der Waals surface area contributed by atoms with Crippen molar-refractivity contribution in [2.45, 2.75) is 31.8 Å². The summed E-state index contributed by atoms with van der Waals surface area (Å²) in [5.41, 5.74) is 4.13. The largest absolute Gasteiger partial charge is 0.489 e. The van der Waals surface area contributed by atoms with Crippen molar-refractivity contribution in [3.05, 3.63) is 77.6 Å². The molecule has 0 saturated heterocycles. The van der Waals surface area contributed by atoms with Crippen molar-refractivity contribution in [1.29, 1.82) is 0 Å². The van der Waals surface area contributed by atoms with Crippen LogP contribution in [0.3, 0.4) is 0 Å². The lowest BCUT2D eigenvalue weighted by Gasteiger charge is -2.07. The number of hydrogen-bond donors (Lipinski definition) is 3. The van der Waals surface area contributed by atoms with Gasteiger partial charge in [-0.2, -0.15) is 5.10 Å². The summed E-state index contributed by atoms with van der Waals surface area (Å²) in [7, 11) is 0. The van der Waals surface area contributed by atoms with Crippen LogP contribution in [0.2, 0.25) is 0 Å². The van der Waals surface area contributed by atoms with Gasteiger partial charge in [-0.15, -0.1) is 0 Å². The Morgan fingerprint density at radius 3 is 2.83 bits per heavy atom. The van der Waals surface area contributed by atoms with Gasteiger partial charge in [-0.1, -0.05) is 30.3 Å². The number of H-pyrrole nitrogens is 2. The van der Waals surface area contributed by atoms with Crippen molar-refractivity contribution >= 4 is 22.6 Å². The van der Waals surface area contributed by atoms with Crippen LogP contribution in [-0.4, -0.2) is 21.1 Å². The Balaban J connectivity index is 1.27. The highest BCUT2D eigenvalue weighted by molar-refractivity contribution is 5.95. The Bertz CT molecular complexity index is 1140. The average Bonchev–Trinajstić information content (AvgIpc) is 3.37. The monoisotopic (exact) mass is 386 g/mol. The standard InChI is InChI=1S/C23H22N4O2/c28-23(25-22-12-21(26-27-22)16-6-7-16)10-17-13-24-20-9-8-18(11-19(17)20)29-14-15-4-2-1-3-5-15/h1-5,8-9,11-13,16,24H,6-7,10,14H2,(H2,25,26,27,28). The molecule has 1 fully saturated rings. The minimum atomic E-state index is -0.0876. The van der Waals surface area contributed by atoms with Gasteiger partial charge in [0.2, 0.25) is 5.91 Å². The zero-order chi connectivity index (χ0) is 19.6. The number of hydrogen-bond acceptors (Lipinski definition) is 3. The van der Waals surface area contributed by atoms with E-state index in [0.29, 0.717) is 18.3 Å². The summed E-state index contributed by atoms with van der Waals surface area (Å²) in [5, 5.41) is 11.1. The van der Waals surface area contributed by atoms with Crippen LogP contribution in [0.15, 0.2) is 60.8 Å². The molecule has 0 aliphatic heterocycles. The number of ether oxygens (including phenoxy) is 1. The molecule has 2 heterocycles. The maximum atomic E-state index is 12.5. The minimum absolute atomic E-state index is 0.0876. The summed E-state index contributed by atoms with van der Waals surface area (Å²) in [6.45, 7) is 0.509. The highest BCUT2D eigenvalue weighted by Gasteiger charge is 2.25. The number of benzene rings is 2. The molecule has 6 heteroatoms. The normalized spacial score (nSPS) is 13.5. The van der Waals surface area contributed by atoms with E-state index < -0.39 is 0 Å². The van der Waals surface area contributed by atoms with E-state index in [1.807, 2.05) is 60.8 Å². The Kier molecular flexibility index (Phi) is 4.52. The van der Waals surface area contributed by atoms with E-state index in [4.69, 9.17) is 4.74 Å². The molecule has 146 valence electrons. The second-order valence-electron chi connectivity index (χ2n) is 7.50. The van der Waals surface area contributed by atoms with Crippen LogP contribution in [0.1, 0.15) is 35.6 Å². The zero-order valence-electron chi connectivity index (χ0n) is 15.9. The summed E-state index contributed by atoms with van der Waals surface area (Å²) >= 11 is 0. The first-order valence-corrected chi connectivity index (χ1v) is 9.86. The van der Waals surface area contributed by atoms with Gasteiger partial charge >= 0.3 is 0 Å². The van der Waals surface area contributed by atoms with Crippen LogP contribution in [-0.2, 0) is 17.8 Å². The van der Waals surface area contributed by atoms with Crippen molar-refractivity contribution in [2.75, 3.05) is 5.32 Å². The third-order valence-corrected chi connectivity index (χ3v) is 5.22. The van der Waals surface area contributed by atoms with Gasteiger partial charge in [-0.3, -0.25) is 9.89 Å². The molecule has 4 aromatic rings. The number of carbonyl (C=O) groups excluding carboxylic acids is 1. The molecular formula is C23H22N4O2. The quantitative estimate of drug-likeness (QED) is 0.436. The van der Waals surface area contributed by atoms with Crippen molar-refractivity contribution in [2.24, 2.45) is 0 Å². The number of amides is 1. The number of nitrogens with zero attached hydrogens (tertiary/aromatic N) is 1. The molecule has 1 aliphatic rings. The lowest BCUT2D eigenvalue weighted by atomic mass is 10.1. The van der Waals surface area contributed by atoms with E-state index in [1.54, 1.807) is 0 Å². The van der Waals surface area contributed by atoms with E-state index in [0.717, 1.165) is 33.5 Å². The zero-order valence-corrected chi connectivity index (χ0v) is 15.9. The number of fused-ring (bicyclic) bond motifs is 1. The summed E-state index contributed by atoms with van der Waals surface area (Å²) < 4.78 is 5.93. The molecule has 0 radical (unpaired) electrons. The van der Waals surface area contributed by atoms with Crippen LogP contribution < -0.4 is 10.1 Å². The van der Waals surface area contributed by atoms with E-state index in [1.165, 1.54) is 12.8 Å². The Morgan fingerprint density at radius 2 is 2.00 bits per heavy atom. The molecule has 29 heavy (non-hydrogen) atoms. The fourth-order valence-corrected chi connectivity index (χ4v) is 3.50. The van der Waals surface area contributed by atoms with Gasteiger partial charge in [0.05, 0.1) is 6.42 Å². The number of anilines is 1. The van der Waals surface area contributed by atoms with Crippen molar-refractivity contribution in [3.63, 3.8) is 0 Å². The fraction of sp³-hybridized carbons (Fsp3) is 0.217. The minimum Gasteiger partial charge on any atom is -0.489 e. The summed E-state index contributed by atoms with van der Waals surface area (Å²) in [5.74, 6) is 1.86. The average molecular weight is 386 g/mol. The van der Waals surface area contributed by atoms with E-state index in [9.17, 15) is 4.79 Å². The van der Waals surface area contributed by atoms with Crippen LogP contribution in [0, 0.1) is 0 Å². The van der Waals surface area contributed by atoms with E-state index in [2.05, 4.69) is 20.5 Å². The van der Waals surface area contributed by atoms with Gasteiger partial charge in [-0.25, -0.2) is 0 Å². The van der Waals surface area contributed by atoms with Gasteiger partial charge in [0.15, 0.2) is 5.82 Å². The van der Waals surface area contributed by atoms with Gasteiger partial charge in [0.1, 0.15) is 12.4 Å².